The summed E-state index contributed by atoms with van der Waals surface area (Å²) in [6.45, 7) is 3.78. The maximum absolute atomic E-state index is 11.4. The first kappa shape index (κ1) is 11.6. The number of nitrogens with zero attached hydrogens (tertiary/aromatic N) is 2. The molecular formula is C9H15N3O3. The molecule has 2 N–H and O–H groups in total. The van der Waals surface area contributed by atoms with E-state index in [2.05, 4.69) is 20.0 Å². The van der Waals surface area contributed by atoms with E-state index in [1.54, 1.807) is 6.92 Å². The minimum Gasteiger partial charge on any atom is -0.391 e. The van der Waals surface area contributed by atoms with Crippen LogP contribution in [0.2, 0.25) is 0 Å². The first-order valence-corrected chi connectivity index (χ1v) is 4.90. The summed E-state index contributed by atoms with van der Waals surface area (Å²) in [7, 11) is 0. The van der Waals surface area contributed by atoms with Gasteiger partial charge in [0.15, 0.2) is 0 Å². The Morgan fingerprint density at radius 2 is 2.40 bits per heavy atom. The summed E-state index contributed by atoms with van der Waals surface area (Å²) in [6, 6.07) is 0. The van der Waals surface area contributed by atoms with Crippen molar-refractivity contribution in [2.24, 2.45) is 0 Å². The van der Waals surface area contributed by atoms with E-state index >= 15 is 0 Å². The summed E-state index contributed by atoms with van der Waals surface area (Å²) < 4.78 is 4.66. The Hall–Kier alpha value is -1.43. The zero-order valence-electron chi connectivity index (χ0n) is 8.86. The average molecular weight is 213 g/mol. The molecule has 1 atom stereocenters. The maximum Gasteiger partial charge on any atom is 0.292 e. The van der Waals surface area contributed by atoms with Crippen LogP contribution in [-0.4, -0.2) is 33.8 Å². The number of aryl methyl sites for hydroxylation is 1. The van der Waals surface area contributed by atoms with Gasteiger partial charge in [0.2, 0.25) is 5.89 Å². The first-order valence-electron chi connectivity index (χ1n) is 4.90. The molecule has 1 aromatic rings. The van der Waals surface area contributed by atoms with Crippen LogP contribution in [0.3, 0.4) is 0 Å². The van der Waals surface area contributed by atoms with Crippen molar-refractivity contribution < 1.29 is 14.4 Å². The first-order chi connectivity index (χ1) is 7.13. The van der Waals surface area contributed by atoms with Crippen molar-refractivity contribution in [2.75, 3.05) is 6.54 Å². The van der Waals surface area contributed by atoms with E-state index in [1.165, 1.54) is 0 Å². The molecule has 1 heterocycles. The molecule has 0 aromatic carbocycles. The van der Waals surface area contributed by atoms with Crippen LogP contribution >= 0.6 is 0 Å². The lowest BCUT2D eigenvalue weighted by atomic mass is 10.2. The van der Waals surface area contributed by atoms with Crippen molar-refractivity contribution in [1.29, 1.82) is 0 Å². The molecule has 0 saturated carbocycles. The number of hydrogen-bond donors (Lipinski definition) is 2. The molecule has 0 bridgehead atoms. The molecule has 0 aliphatic heterocycles. The van der Waals surface area contributed by atoms with Gasteiger partial charge in [0, 0.05) is 13.5 Å². The third kappa shape index (κ3) is 3.67. The Labute approximate surface area is 87.7 Å². The summed E-state index contributed by atoms with van der Waals surface area (Å²) in [6.07, 6.45) is 1.01. The van der Waals surface area contributed by atoms with Gasteiger partial charge < -0.3 is 14.9 Å². The van der Waals surface area contributed by atoms with Crippen molar-refractivity contribution in [2.45, 2.75) is 32.8 Å². The predicted octanol–water partition coefficient (Wildman–Crippen LogP) is 0.269. The van der Waals surface area contributed by atoms with Gasteiger partial charge in [0.1, 0.15) is 0 Å². The highest BCUT2D eigenvalue weighted by atomic mass is 16.5. The molecule has 0 aliphatic carbocycles. The van der Waals surface area contributed by atoms with E-state index in [1.807, 2.05) is 6.92 Å². The number of aromatic nitrogens is 2. The Balaban J connectivity index is 2.36. The van der Waals surface area contributed by atoms with Crippen LogP contribution in [0.15, 0.2) is 4.52 Å². The Morgan fingerprint density at radius 3 is 2.93 bits per heavy atom. The van der Waals surface area contributed by atoms with Crippen molar-refractivity contribution in [1.82, 2.24) is 15.5 Å². The Bertz CT molecular complexity index is 324. The maximum atomic E-state index is 11.4. The third-order valence-corrected chi connectivity index (χ3v) is 1.85. The lowest BCUT2D eigenvalue weighted by molar-refractivity contribution is 0.0897. The molecule has 0 aliphatic rings. The van der Waals surface area contributed by atoms with Crippen molar-refractivity contribution in [3.63, 3.8) is 0 Å². The Kier molecular flexibility index (Phi) is 4.23. The van der Waals surface area contributed by atoms with Gasteiger partial charge in [-0.05, 0) is 6.42 Å². The van der Waals surface area contributed by atoms with Gasteiger partial charge in [-0.1, -0.05) is 18.5 Å². The normalized spacial score (nSPS) is 12.5. The molecule has 0 spiro atoms. The summed E-state index contributed by atoms with van der Waals surface area (Å²) >= 11 is 0. The molecule has 0 saturated heterocycles. The van der Waals surface area contributed by atoms with Crippen LogP contribution in [0.5, 0.6) is 0 Å². The van der Waals surface area contributed by atoms with Crippen LogP contribution in [0, 0.1) is 6.92 Å². The van der Waals surface area contributed by atoms with Crippen LogP contribution < -0.4 is 5.32 Å². The van der Waals surface area contributed by atoms with Gasteiger partial charge in [0.25, 0.3) is 11.7 Å². The smallest absolute Gasteiger partial charge is 0.292 e. The summed E-state index contributed by atoms with van der Waals surface area (Å²) in [5, 5.41) is 15.4. The molecule has 1 amide bonds. The predicted molar refractivity (Wildman–Crippen MR) is 52.3 cm³/mol. The van der Waals surface area contributed by atoms with Crippen LogP contribution in [0.4, 0.5) is 0 Å². The topological polar surface area (TPSA) is 88.2 Å². The zero-order valence-corrected chi connectivity index (χ0v) is 8.86. The number of rotatable bonds is 5. The molecule has 0 fully saturated rings. The van der Waals surface area contributed by atoms with Crippen molar-refractivity contribution >= 4 is 5.91 Å². The van der Waals surface area contributed by atoms with E-state index in [9.17, 15) is 9.90 Å². The summed E-state index contributed by atoms with van der Waals surface area (Å²) in [5.41, 5.74) is 0. The minimum atomic E-state index is -0.521. The molecule has 6 heteroatoms. The Morgan fingerprint density at radius 1 is 1.67 bits per heavy atom. The highest BCUT2D eigenvalue weighted by Crippen LogP contribution is 1.96. The number of carbonyl (C=O) groups is 1. The van der Waals surface area contributed by atoms with E-state index in [-0.39, 0.29) is 12.4 Å². The van der Waals surface area contributed by atoms with E-state index in [0.717, 1.165) is 6.42 Å². The lowest BCUT2D eigenvalue weighted by Gasteiger charge is -2.08. The molecule has 1 aromatic heterocycles. The molecule has 1 unspecified atom stereocenters. The van der Waals surface area contributed by atoms with Gasteiger partial charge >= 0.3 is 0 Å². The second-order valence-electron chi connectivity index (χ2n) is 3.29. The molecule has 0 radical (unpaired) electrons. The monoisotopic (exact) mass is 213 g/mol. The minimum absolute atomic E-state index is 0.00352. The largest absolute Gasteiger partial charge is 0.391 e. The third-order valence-electron chi connectivity index (χ3n) is 1.85. The molecule has 15 heavy (non-hydrogen) atoms. The standard InChI is InChI=1S/C9H15N3O3/c1-3-4-7(13)5-10-9(14)8-11-6(2)15-12-8/h7,13H,3-5H2,1-2H3,(H,10,14). The fraction of sp³-hybridized carbons (Fsp3) is 0.667. The number of amides is 1. The van der Waals surface area contributed by atoms with Crippen LogP contribution in [-0.2, 0) is 0 Å². The van der Waals surface area contributed by atoms with Crippen molar-refractivity contribution in [3.8, 4) is 0 Å². The molecular weight excluding hydrogens is 198 g/mol. The summed E-state index contributed by atoms with van der Waals surface area (Å²) in [4.78, 5) is 15.1. The number of nitrogens with one attached hydrogen (secondary N) is 1. The molecule has 84 valence electrons. The van der Waals surface area contributed by atoms with Gasteiger partial charge in [-0.2, -0.15) is 4.98 Å². The van der Waals surface area contributed by atoms with Crippen LogP contribution in [0.25, 0.3) is 0 Å². The fourth-order valence-electron chi connectivity index (χ4n) is 1.12. The number of carbonyl (C=O) groups excluding carboxylic acids is 1. The zero-order chi connectivity index (χ0) is 11.3. The second kappa shape index (κ2) is 5.45. The molecule has 1 rings (SSSR count). The van der Waals surface area contributed by atoms with Gasteiger partial charge in [0.05, 0.1) is 6.10 Å². The van der Waals surface area contributed by atoms with Gasteiger partial charge in [-0.3, -0.25) is 4.79 Å². The van der Waals surface area contributed by atoms with E-state index < -0.39 is 12.0 Å². The average Bonchev–Trinajstić information content (AvgIpc) is 2.62. The summed E-state index contributed by atoms with van der Waals surface area (Å²) in [5.74, 6) is -0.0903. The van der Waals surface area contributed by atoms with Gasteiger partial charge in [-0.15, -0.1) is 0 Å². The number of hydrogen-bond acceptors (Lipinski definition) is 5. The second-order valence-corrected chi connectivity index (χ2v) is 3.29. The van der Waals surface area contributed by atoms with E-state index in [0.29, 0.717) is 12.3 Å². The quantitative estimate of drug-likeness (QED) is 0.732. The van der Waals surface area contributed by atoms with Gasteiger partial charge in [-0.25, -0.2) is 0 Å². The fourth-order valence-corrected chi connectivity index (χ4v) is 1.12. The molecule has 6 nitrogen and oxygen atoms in total. The number of aliphatic hydroxyl groups excluding tert-OH is 1. The number of aliphatic hydroxyl groups is 1. The van der Waals surface area contributed by atoms with E-state index in [4.69, 9.17) is 0 Å². The SMILES string of the molecule is CCCC(O)CNC(=O)c1noc(C)n1. The van der Waals surface area contributed by atoms with Crippen LogP contribution in [0.1, 0.15) is 36.3 Å². The highest BCUT2D eigenvalue weighted by Gasteiger charge is 2.13. The lowest BCUT2D eigenvalue weighted by Crippen LogP contribution is -2.32. The highest BCUT2D eigenvalue weighted by molar-refractivity contribution is 5.90. The van der Waals surface area contributed by atoms with Crippen molar-refractivity contribution in [3.05, 3.63) is 11.7 Å².